The lowest BCUT2D eigenvalue weighted by Crippen LogP contribution is -2.10. The predicted octanol–water partition coefficient (Wildman–Crippen LogP) is 12.8. The van der Waals surface area contributed by atoms with Gasteiger partial charge >= 0.3 is 0 Å². The molecule has 0 atom stereocenters. The molecular formula is C45H28N2O2. The first-order valence-corrected chi connectivity index (χ1v) is 16.5. The molecule has 10 rings (SSSR count). The van der Waals surface area contributed by atoms with E-state index in [0.29, 0.717) is 5.89 Å². The van der Waals surface area contributed by atoms with Gasteiger partial charge in [0.1, 0.15) is 16.7 Å². The number of nitrogens with zero attached hydrogens (tertiary/aromatic N) is 2. The van der Waals surface area contributed by atoms with Gasteiger partial charge in [-0.15, -0.1) is 0 Å². The molecular weight excluding hydrogens is 601 g/mol. The van der Waals surface area contributed by atoms with Gasteiger partial charge in [0.15, 0.2) is 5.58 Å². The molecule has 0 fully saturated rings. The van der Waals surface area contributed by atoms with Crippen LogP contribution in [0.4, 0.5) is 17.1 Å². The standard InChI is InChI=1S/C45H28N2O2/c1-3-10-29(11-4-1)33-15-9-16-34(26-33)47(35-21-20-31-19-18-30-12-7-8-17-37(30)38(31)27-35)36-22-24-41-39(28-36)43-42(48-41)25-23-40-44(43)49-45(46-40)32-13-5-2-6-14-32/h1-28H. The molecule has 0 saturated heterocycles. The summed E-state index contributed by atoms with van der Waals surface area (Å²) in [6.07, 6.45) is 0. The minimum atomic E-state index is 0.594. The van der Waals surface area contributed by atoms with Gasteiger partial charge in [0.2, 0.25) is 5.89 Å². The van der Waals surface area contributed by atoms with Crippen LogP contribution in [0.1, 0.15) is 0 Å². The number of anilines is 3. The van der Waals surface area contributed by atoms with E-state index in [0.717, 1.165) is 61.2 Å². The molecule has 8 aromatic carbocycles. The zero-order chi connectivity index (χ0) is 32.3. The van der Waals surface area contributed by atoms with Crippen molar-refractivity contribution in [2.75, 3.05) is 4.90 Å². The summed E-state index contributed by atoms with van der Waals surface area (Å²) in [6.45, 7) is 0. The number of oxazole rings is 1. The van der Waals surface area contributed by atoms with Crippen molar-refractivity contribution in [3.05, 3.63) is 170 Å². The summed E-state index contributed by atoms with van der Waals surface area (Å²) in [7, 11) is 0. The van der Waals surface area contributed by atoms with Crippen molar-refractivity contribution in [2.45, 2.75) is 0 Å². The molecule has 0 amide bonds. The molecule has 230 valence electrons. The summed E-state index contributed by atoms with van der Waals surface area (Å²) in [4.78, 5) is 7.18. The molecule has 0 spiro atoms. The Morgan fingerprint density at radius 1 is 0.408 bits per heavy atom. The largest absolute Gasteiger partial charge is 0.456 e. The maximum Gasteiger partial charge on any atom is 0.227 e. The normalized spacial score (nSPS) is 11.7. The number of aromatic nitrogens is 1. The highest BCUT2D eigenvalue weighted by molar-refractivity contribution is 6.17. The fraction of sp³-hybridized carbons (Fsp3) is 0. The maximum absolute atomic E-state index is 6.47. The summed E-state index contributed by atoms with van der Waals surface area (Å²) in [5.74, 6) is 0.594. The van der Waals surface area contributed by atoms with Gasteiger partial charge in [0.25, 0.3) is 0 Å². The second-order valence-electron chi connectivity index (χ2n) is 12.4. The fourth-order valence-electron chi connectivity index (χ4n) is 7.11. The summed E-state index contributed by atoms with van der Waals surface area (Å²) < 4.78 is 12.9. The Hall–Kier alpha value is -6.65. The van der Waals surface area contributed by atoms with Crippen molar-refractivity contribution in [3.63, 3.8) is 0 Å². The highest BCUT2D eigenvalue weighted by atomic mass is 16.4. The lowest BCUT2D eigenvalue weighted by Gasteiger charge is -2.26. The average molecular weight is 629 g/mol. The quantitative estimate of drug-likeness (QED) is 0.178. The van der Waals surface area contributed by atoms with E-state index in [4.69, 9.17) is 13.8 Å². The lowest BCUT2D eigenvalue weighted by molar-refractivity contribution is 0.622. The van der Waals surface area contributed by atoms with Crippen molar-refractivity contribution in [1.82, 2.24) is 4.98 Å². The topological polar surface area (TPSA) is 42.4 Å². The highest BCUT2D eigenvalue weighted by Gasteiger charge is 2.20. The van der Waals surface area contributed by atoms with Crippen LogP contribution in [0.2, 0.25) is 0 Å². The van der Waals surface area contributed by atoms with Crippen LogP contribution in [0.5, 0.6) is 0 Å². The van der Waals surface area contributed by atoms with Gasteiger partial charge in [-0.1, -0.05) is 103 Å². The Labute approximate surface area is 282 Å². The monoisotopic (exact) mass is 628 g/mol. The first kappa shape index (κ1) is 27.5. The van der Waals surface area contributed by atoms with Crippen LogP contribution in [0.25, 0.3) is 77.2 Å². The minimum Gasteiger partial charge on any atom is -0.456 e. The summed E-state index contributed by atoms with van der Waals surface area (Å²) in [5, 5.41) is 6.78. The van der Waals surface area contributed by atoms with Crippen molar-refractivity contribution in [1.29, 1.82) is 0 Å². The highest BCUT2D eigenvalue weighted by Crippen LogP contribution is 2.43. The second kappa shape index (κ2) is 11.0. The smallest absolute Gasteiger partial charge is 0.227 e. The Balaban J connectivity index is 1.21. The SMILES string of the molecule is c1ccc(-c2cccc(N(c3ccc4ccc5ccccc5c4c3)c3ccc4oc5ccc6nc(-c7ccccc7)oc6c5c4c3)c2)cc1. The van der Waals surface area contributed by atoms with Crippen LogP contribution in [0.15, 0.2) is 179 Å². The molecule has 2 aromatic heterocycles. The first-order valence-electron chi connectivity index (χ1n) is 16.5. The summed E-state index contributed by atoms with van der Waals surface area (Å²) >= 11 is 0. The van der Waals surface area contributed by atoms with Crippen LogP contribution in [0.3, 0.4) is 0 Å². The van der Waals surface area contributed by atoms with Gasteiger partial charge in [-0.2, -0.15) is 0 Å². The van der Waals surface area contributed by atoms with Crippen molar-refractivity contribution < 1.29 is 8.83 Å². The summed E-state index contributed by atoms with van der Waals surface area (Å²) in [5.41, 5.74) is 9.50. The Morgan fingerprint density at radius 3 is 1.88 bits per heavy atom. The number of benzene rings is 8. The number of hydrogen-bond acceptors (Lipinski definition) is 4. The molecule has 0 N–H and O–H groups in total. The van der Waals surface area contributed by atoms with E-state index in [1.165, 1.54) is 27.1 Å². The van der Waals surface area contributed by atoms with E-state index < -0.39 is 0 Å². The maximum atomic E-state index is 6.47. The van der Waals surface area contributed by atoms with Crippen molar-refractivity contribution >= 4 is 71.6 Å². The van der Waals surface area contributed by atoms with E-state index in [1.807, 2.05) is 42.5 Å². The molecule has 0 radical (unpaired) electrons. The van der Waals surface area contributed by atoms with Crippen molar-refractivity contribution in [2.24, 2.45) is 0 Å². The summed E-state index contributed by atoms with van der Waals surface area (Å²) in [6, 6.07) is 59.4. The van der Waals surface area contributed by atoms with Gasteiger partial charge in [0, 0.05) is 28.0 Å². The number of rotatable bonds is 5. The predicted molar refractivity (Wildman–Crippen MR) is 202 cm³/mol. The number of hydrogen-bond donors (Lipinski definition) is 0. The van der Waals surface area contributed by atoms with E-state index >= 15 is 0 Å². The molecule has 4 nitrogen and oxygen atoms in total. The zero-order valence-corrected chi connectivity index (χ0v) is 26.4. The molecule has 49 heavy (non-hydrogen) atoms. The van der Waals surface area contributed by atoms with Crippen LogP contribution in [-0.4, -0.2) is 4.98 Å². The van der Waals surface area contributed by atoms with Crippen LogP contribution < -0.4 is 4.90 Å². The lowest BCUT2D eigenvalue weighted by atomic mass is 10.0. The number of fused-ring (bicyclic) bond motifs is 8. The van der Waals surface area contributed by atoms with Gasteiger partial charge in [-0.25, -0.2) is 4.98 Å². The van der Waals surface area contributed by atoms with E-state index in [2.05, 4.69) is 132 Å². The third-order valence-corrected chi connectivity index (χ3v) is 9.45. The Bertz CT molecular complexity index is 2830. The fourth-order valence-corrected chi connectivity index (χ4v) is 7.11. The average Bonchev–Trinajstić information content (AvgIpc) is 3.77. The first-order chi connectivity index (χ1) is 24.3. The number of furan rings is 1. The second-order valence-corrected chi connectivity index (χ2v) is 12.4. The van der Waals surface area contributed by atoms with Gasteiger partial charge in [-0.3, -0.25) is 0 Å². The van der Waals surface area contributed by atoms with Crippen LogP contribution in [-0.2, 0) is 0 Å². The molecule has 0 aliphatic rings. The molecule has 2 heterocycles. The molecule has 4 heteroatoms. The molecule has 10 aromatic rings. The third-order valence-electron chi connectivity index (χ3n) is 9.45. The Kier molecular flexibility index (Phi) is 6.15. The van der Waals surface area contributed by atoms with E-state index in [9.17, 15) is 0 Å². The van der Waals surface area contributed by atoms with Gasteiger partial charge in [0.05, 0.1) is 5.39 Å². The zero-order valence-electron chi connectivity index (χ0n) is 26.4. The molecule has 0 saturated carbocycles. The van der Waals surface area contributed by atoms with Gasteiger partial charge < -0.3 is 13.7 Å². The van der Waals surface area contributed by atoms with Crippen LogP contribution in [0, 0.1) is 0 Å². The van der Waals surface area contributed by atoms with Gasteiger partial charge in [-0.05, 0) is 99.4 Å². The molecule has 0 aliphatic carbocycles. The van der Waals surface area contributed by atoms with Crippen molar-refractivity contribution in [3.8, 4) is 22.6 Å². The van der Waals surface area contributed by atoms with Crippen LogP contribution >= 0.6 is 0 Å². The third kappa shape index (κ3) is 4.57. The minimum absolute atomic E-state index is 0.594. The van der Waals surface area contributed by atoms with E-state index in [1.54, 1.807) is 0 Å². The Morgan fingerprint density at radius 2 is 1.04 bits per heavy atom. The molecule has 0 unspecified atom stereocenters. The molecule has 0 aliphatic heterocycles. The molecule has 0 bridgehead atoms. The van der Waals surface area contributed by atoms with E-state index in [-0.39, 0.29) is 0 Å².